The summed E-state index contributed by atoms with van der Waals surface area (Å²) in [6.45, 7) is 11.2. The number of H-pyrrole nitrogens is 1. The third-order valence-corrected chi connectivity index (χ3v) is 6.81. The van der Waals surface area contributed by atoms with Crippen molar-refractivity contribution in [1.82, 2.24) is 24.9 Å². The first kappa shape index (κ1) is 21.4. The summed E-state index contributed by atoms with van der Waals surface area (Å²) in [4.78, 5) is 25.4. The molecule has 1 N–H and O–H groups in total. The van der Waals surface area contributed by atoms with Crippen LogP contribution in [0.5, 0.6) is 0 Å². The van der Waals surface area contributed by atoms with E-state index < -0.39 is 0 Å². The number of piperazine rings is 1. The number of aromatic nitrogens is 3. The minimum absolute atomic E-state index is 0.00391. The molecule has 33 heavy (non-hydrogen) atoms. The van der Waals surface area contributed by atoms with Crippen molar-refractivity contribution in [3.8, 4) is 11.4 Å². The quantitative estimate of drug-likeness (QED) is 0.496. The van der Waals surface area contributed by atoms with E-state index in [9.17, 15) is 4.79 Å². The minimum Gasteiger partial charge on any atom is -0.358 e. The molecule has 0 saturated carbocycles. The normalized spacial score (nSPS) is 15.8. The summed E-state index contributed by atoms with van der Waals surface area (Å²) in [5.41, 5.74) is 6.30. The maximum absolute atomic E-state index is 13.1. The Bertz CT molecular complexity index is 1300. The van der Waals surface area contributed by atoms with Gasteiger partial charge in [-0.15, -0.1) is 0 Å². The zero-order valence-corrected chi connectivity index (χ0v) is 19.6. The number of hydrogen-bond acceptors (Lipinski definition) is 5. The fourth-order valence-electron chi connectivity index (χ4n) is 4.47. The van der Waals surface area contributed by atoms with Gasteiger partial charge in [0.05, 0.1) is 6.04 Å². The lowest BCUT2D eigenvalue weighted by atomic mass is 10.1. The highest BCUT2D eigenvalue weighted by Crippen LogP contribution is 2.26. The Morgan fingerprint density at radius 2 is 1.76 bits per heavy atom. The highest BCUT2D eigenvalue weighted by atomic mass is 16.5. The molecule has 1 atom stereocenters. The van der Waals surface area contributed by atoms with Crippen LogP contribution in [-0.2, 0) is 0 Å². The van der Waals surface area contributed by atoms with Crippen molar-refractivity contribution in [2.45, 2.75) is 33.7 Å². The molecule has 7 nitrogen and oxygen atoms in total. The Hall–Kier alpha value is -3.45. The van der Waals surface area contributed by atoms with E-state index in [-0.39, 0.29) is 11.9 Å². The summed E-state index contributed by atoms with van der Waals surface area (Å²) in [5.74, 6) is 1.30. The molecule has 1 fully saturated rings. The molecule has 1 aliphatic heterocycles. The first-order valence-electron chi connectivity index (χ1n) is 11.4. The molecule has 0 radical (unpaired) electrons. The Labute approximate surface area is 193 Å². The number of aryl methyl sites for hydroxylation is 3. The minimum atomic E-state index is -0.00391. The Morgan fingerprint density at radius 3 is 2.48 bits per heavy atom. The molecule has 2 aromatic carbocycles. The predicted octanol–water partition coefficient (Wildman–Crippen LogP) is 4.66. The van der Waals surface area contributed by atoms with Crippen molar-refractivity contribution in [2.24, 2.45) is 0 Å². The second-order valence-corrected chi connectivity index (χ2v) is 8.96. The third kappa shape index (κ3) is 4.04. The molecular formula is C26H29N5O2. The van der Waals surface area contributed by atoms with Gasteiger partial charge in [0.25, 0.3) is 5.91 Å². The van der Waals surface area contributed by atoms with Gasteiger partial charge < -0.3 is 14.4 Å². The smallest absolute Gasteiger partial charge is 0.253 e. The Morgan fingerprint density at radius 1 is 1.03 bits per heavy atom. The third-order valence-electron chi connectivity index (χ3n) is 6.81. The first-order valence-corrected chi connectivity index (χ1v) is 11.4. The number of amides is 1. The molecule has 2 aromatic heterocycles. The second kappa shape index (κ2) is 8.48. The second-order valence-electron chi connectivity index (χ2n) is 8.96. The number of benzene rings is 2. The van der Waals surface area contributed by atoms with Crippen LogP contribution in [0.3, 0.4) is 0 Å². The lowest BCUT2D eigenvalue weighted by Gasteiger charge is -2.36. The zero-order chi connectivity index (χ0) is 23.1. The van der Waals surface area contributed by atoms with Gasteiger partial charge in [0.2, 0.25) is 11.7 Å². The largest absolute Gasteiger partial charge is 0.358 e. The molecule has 0 spiro atoms. The summed E-state index contributed by atoms with van der Waals surface area (Å²) in [5, 5.41) is 5.29. The lowest BCUT2D eigenvalue weighted by Crippen LogP contribution is -2.49. The summed E-state index contributed by atoms with van der Waals surface area (Å²) < 4.78 is 5.58. The van der Waals surface area contributed by atoms with Gasteiger partial charge in [0.15, 0.2) is 0 Å². The molecule has 7 heteroatoms. The van der Waals surface area contributed by atoms with Crippen LogP contribution in [0.25, 0.3) is 22.3 Å². The van der Waals surface area contributed by atoms with Gasteiger partial charge in [-0.3, -0.25) is 9.69 Å². The topological polar surface area (TPSA) is 78.3 Å². The average Bonchev–Trinajstić information content (AvgIpc) is 3.44. The van der Waals surface area contributed by atoms with Crippen LogP contribution in [0, 0.1) is 20.8 Å². The van der Waals surface area contributed by atoms with E-state index in [1.807, 2.05) is 47.4 Å². The van der Waals surface area contributed by atoms with E-state index in [1.54, 1.807) is 0 Å². The standard InChI is InChI=1S/C26H29N5O2/c1-16-5-7-20(8-6-16)24-28-25(33-29-24)19(4)30-11-13-31(14-12-30)26(32)21-9-10-23-22(15-21)17(2)18(3)27-23/h5-10,15,19,27H,11-14H2,1-4H3. The van der Waals surface area contributed by atoms with Gasteiger partial charge in [-0.1, -0.05) is 35.0 Å². The number of fused-ring (bicyclic) bond motifs is 1. The van der Waals surface area contributed by atoms with E-state index in [4.69, 9.17) is 4.52 Å². The van der Waals surface area contributed by atoms with Crippen LogP contribution >= 0.6 is 0 Å². The molecule has 5 rings (SSSR count). The van der Waals surface area contributed by atoms with E-state index >= 15 is 0 Å². The first-order chi connectivity index (χ1) is 15.9. The number of rotatable bonds is 4. The number of carbonyl (C=O) groups is 1. The zero-order valence-electron chi connectivity index (χ0n) is 19.6. The SMILES string of the molecule is Cc1ccc(-c2noc(C(C)N3CCN(C(=O)c4ccc5[nH]c(C)c(C)c5c4)CC3)n2)cc1. The van der Waals surface area contributed by atoms with Crippen molar-refractivity contribution >= 4 is 16.8 Å². The van der Waals surface area contributed by atoms with Crippen LogP contribution in [-0.4, -0.2) is 57.0 Å². The Kier molecular flexibility index (Phi) is 5.50. The van der Waals surface area contributed by atoms with Crippen molar-refractivity contribution in [3.63, 3.8) is 0 Å². The van der Waals surface area contributed by atoms with E-state index in [1.165, 1.54) is 11.1 Å². The average molecular weight is 444 g/mol. The highest BCUT2D eigenvalue weighted by Gasteiger charge is 2.28. The summed E-state index contributed by atoms with van der Waals surface area (Å²) in [6.07, 6.45) is 0. The summed E-state index contributed by atoms with van der Waals surface area (Å²) >= 11 is 0. The molecule has 170 valence electrons. The van der Waals surface area contributed by atoms with E-state index in [0.29, 0.717) is 24.8 Å². The van der Waals surface area contributed by atoms with Crippen LogP contribution in [0.4, 0.5) is 0 Å². The van der Waals surface area contributed by atoms with Crippen LogP contribution in [0.15, 0.2) is 47.0 Å². The highest BCUT2D eigenvalue weighted by molar-refractivity contribution is 5.99. The van der Waals surface area contributed by atoms with Gasteiger partial charge in [-0.25, -0.2) is 0 Å². The van der Waals surface area contributed by atoms with E-state index in [0.717, 1.165) is 40.8 Å². The van der Waals surface area contributed by atoms with Crippen molar-refractivity contribution < 1.29 is 9.32 Å². The van der Waals surface area contributed by atoms with E-state index in [2.05, 4.69) is 47.7 Å². The predicted molar refractivity (Wildman–Crippen MR) is 128 cm³/mol. The molecule has 1 amide bonds. The van der Waals surface area contributed by atoms with Gasteiger partial charge >= 0.3 is 0 Å². The molecule has 3 heterocycles. The fraction of sp³-hybridized carbons (Fsp3) is 0.346. The molecule has 1 aliphatic rings. The molecular weight excluding hydrogens is 414 g/mol. The number of nitrogens with one attached hydrogen (secondary N) is 1. The van der Waals surface area contributed by atoms with Gasteiger partial charge in [-0.2, -0.15) is 4.98 Å². The maximum Gasteiger partial charge on any atom is 0.253 e. The van der Waals surface area contributed by atoms with Crippen LogP contribution in [0.1, 0.15) is 46.0 Å². The summed E-state index contributed by atoms with van der Waals surface area (Å²) in [7, 11) is 0. The van der Waals surface area contributed by atoms with Crippen molar-refractivity contribution in [2.75, 3.05) is 26.2 Å². The van der Waals surface area contributed by atoms with Crippen LogP contribution < -0.4 is 0 Å². The monoisotopic (exact) mass is 443 g/mol. The molecule has 0 bridgehead atoms. The van der Waals surface area contributed by atoms with Crippen molar-refractivity contribution in [1.29, 1.82) is 0 Å². The molecule has 0 aliphatic carbocycles. The fourth-order valence-corrected chi connectivity index (χ4v) is 4.47. The maximum atomic E-state index is 13.1. The molecule has 4 aromatic rings. The number of aromatic amines is 1. The molecule has 1 unspecified atom stereocenters. The summed E-state index contributed by atoms with van der Waals surface area (Å²) in [6, 6.07) is 14.0. The number of nitrogens with zero attached hydrogens (tertiary/aromatic N) is 4. The van der Waals surface area contributed by atoms with Gasteiger partial charge in [0, 0.05) is 53.9 Å². The Balaban J connectivity index is 1.24. The molecule has 1 saturated heterocycles. The van der Waals surface area contributed by atoms with Crippen molar-refractivity contribution in [3.05, 3.63) is 70.7 Å². The lowest BCUT2D eigenvalue weighted by molar-refractivity contribution is 0.0552. The number of hydrogen-bond donors (Lipinski definition) is 1. The van der Waals surface area contributed by atoms with Gasteiger partial charge in [0.1, 0.15) is 0 Å². The van der Waals surface area contributed by atoms with Gasteiger partial charge in [-0.05, 0) is 51.5 Å². The number of carbonyl (C=O) groups excluding carboxylic acids is 1. The van der Waals surface area contributed by atoms with Crippen LogP contribution in [0.2, 0.25) is 0 Å².